The Morgan fingerprint density at radius 2 is 0.532 bits per heavy atom. The SMILES string of the molecule is C=C(/C=C/c1ccc(C)cc1)c1ccc(N(c2ccc(C)cc2)c2ccc(-c3ccc(N(c4ccc(C)cc4)c4ccc(C(=C)/C=C/c5ccc(C)cc5)cc4)cc3)cc2)cc1. The molecule has 0 aliphatic carbocycles. The minimum atomic E-state index is 0.971. The molecule has 0 aliphatic heterocycles. The van der Waals surface area contributed by atoms with Gasteiger partial charge in [-0.25, -0.2) is 0 Å². The lowest BCUT2D eigenvalue weighted by Gasteiger charge is -2.26. The van der Waals surface area contributed by atoms with Gasteiger partial charge in [-0.3, -0.25) is 0 Å². The Morgan fingerprint density at radius 1 is 0.306 bits per heavy atom. The van der Waals surface area contributed by atoms with Crippen molar-refractivity contribution >= 4 is 57.4 Å². The molecule has 0 amide bonds. The number of allylic oxidation sites excluding steroid dienone is 4. The van der Waals surface area contributed by atoms with Crippen molar-refractivity contribution in [1.29, 1.82) is 0 Å². The maximum absolute atomic E-state index is 4.36. The van der Waals surface area contributed by atoms with E-state index in [4.69, 9.17) is 0 Å². The van der Waals surface area contributed by atoms with Gasteiger partial charge in [-0.1, -0.05) is 181 Å². The van der Waals surface area contributed by atoms with Gasteiger partial charge < -0.3 is 9.80 Å². The van der Waals surface area contributed by atoms with Crippen molar-refractivity contribution in [2.24, 2.45) is 0 Å². The Hall–Kier alpha value is -7.68. The van der Waals surface area contributed by atoms with E-state index in [9.17, 15) is 0 Å². The Morgan fingerprint density at radius 3 is 0.806 bits per heavy atom. The van der Waals surface area contributed by atoms with Gasteiger partial charge in [-0.05, 0) is 145 Å². The summed E-state index contributed by atoms with van der Waals surface area (Å²) in [6, 6.07) is 69.5. The first-order valence-electron chi connectivity index (χ1n) is 21.2. The maximum atomic E-state index is 4.36. The van der Waals surface area contributed by atoms with E-state index in [0.29, 0.717) is 0 Å². The van der Waals surface area contributed by atoms with Crippen LogP contribution in [0.2, 0.25) is 0 Å². The van der Waals surface area contributed by atoms with E-state index in [2.05, 4.69) is 269 Å². The normalized spacial score (nSPS) is 11.2. The molecule has 0 spiro atoms. The molecule has 8 aromatic carbocycles. The van der Waals surface area contributed by atoms with Gasteiger partial charge in [-0.2, -0.15) is 0 Å². The van der Waals surface area contributed by atoms with Crippen LogP contribution in [0.15, 0.2) is 219 Å². The summed E-state index contributed by atoms with van der Waals surface area (Å²) in [6.45, 7) is 17.2. The van der Waals surface area contributed by atoms with Crippen molar-refractivity contribution in [2.75, 3.05) is 9.80 Å². The van der Waals surface area contributed by atoms with Crippen molar-refractivity contribution in [3.8, 4) is 11.1 Å². The first kappa shape index (κ1) is 41.1. The summed E-state index contributed by atoms with van der Waals surface area (Å²) in [5.41, 5.74) is 20.2. The molecule has 0 heterocycles. The molecule has 0 saturated heterocycles. The summed E-state index contributed by atoms with van der Waals surface area (Å²) in [5, 5.41) is 0. The van der Waals surface area contributed by atoms with E-state index < -0.39 is 0 Å². The molecular formula is C60H52N2. The minimum absolute atomic E-state index is 0.971. The van der Waals surface area contributed by atoms with Gasteiger partial charge in [0.05, 0.1) is 0 Å². The maximum Gasteiger partial charge on any atom is 0.0462 e. The number of hydrogen-bond donors (Lipinski definition) is 0. The highest BCUT2D eigenvalue weighted by atomic mass is 15.1. The van der Waals surface area contributed by atoms with Crippen LogP contribution in [0.4, 0.5) is 34.1 Å². The molecule has 0 fully saturated rings. The van der Waals surface area contributed by atoms with Gasteiger partial charge in [0.15, 0.2) is 0 Å². The molecule has 0 atom stereocenters. The first-order valence-corrected chi connectivity index (χ1v) is 21.2. The third-order valence-electron chi connectivity index (χ3n) is 11.3. The largest absolute Gasteiger partial charge is 0.311 e. The Balaban J connectivity index is 1.03. The van der Waals surface area contributed by atoms with Crippen LogP contribution in [0.3, 0.4) is 0 Å². The Kier molecular flexibility index (Phi) is 12.4. The zero-order valence-corrected chi connectivity index (χ0v) is 36.1. The quantitative estimate of drug-likeness (QED) is 0.107. The van der Waals surface area contributed by atoms with E-state index >= 15 is 0 Å². The standard InChI is InChI=1S/C60H52N2/c1-43-7-17-49(18-8-43)21-15-47(5)51-23-35-57(36-24-51)61(55-31-11-45(3)12-32-55)59-39-27-53(28-40-59)54-29-41-60(42-30-54)62(56-33-13-46(4)14-34-56)58-37-25-52(26-38-58)48(6)16-22-50-19-9-44(2)10-20-50/h7-42H,5-6H2,1-4H3/b21-15+,22-16+. The Labute approximate surface area is 368 Å². The van der Waals surface area contributed by atoms with Crippen LogP contribution in [0.5, 0.6) is 0 Å². The summed E-state index contributed by atoms with van der Waals surface area (Å²) >= 11 is 0. The van der Waals surface area contributed by atoms with Gasteiger partial charge in [0, 0.05) is 34.1 Å². The molecule has 2 nitrogen and oxygen atoms in total. The van der Waals surface area contributed by atoms with Crippen molar-refractivity contribution in [1.82, 2.24) is 0 Å². The first-order chi connectivity index (χ1) is 30.2. The lowest BCUT2D eigenvalue weighted by Crippen LogP contribution is -2.10. The third-order valence-corrected chi connectivity index (χ3v) is 11.3. The van der Waals surface area contributed by atoms with E-state index in [1.54, 1.807) is 0 Å². The molecule has 0 radical (unpaired) electrons. The molecule has 8 rings (SSSR count). The predicted octanol–water partition coefficient (Wildman–Crippen LogP) is 17.0. The van der Waals surface area contributed by atoms with Crippen LogP contribution >= 0.6 is 0 Å². The molecule has 0 aliphatic rings. The highest BCUT2D eigenvalue weighted by Gasteiger charge is 2.15. The number of hydrogen-bond acceptors (Lipinski definition) is 2. The lowest BCUT2D eigenvalue weighted by atomic mass is 10.0. The number of rotatable bonds is 13. The van der Waals surface area contributed by atoms with Crippen molar-refractivity contribution < 1.29 is 0 Å². The Bertz CT molecular complexity index is 2620. The highest BCUT2D eigenvalue weighted by molar-refractivity contribution is 5.84. The topological polar surface area (TPSA) is 6.48 Å². The van der Waals surface area contributed by atoms with Gasteiger partial charge in [0.1, 0.15) is 0 Å². The highest BCUT2D eigenvalue weighted by Crippen LogP contribution is 2.39. The average molecular weight is 801 g/mol. The summed E-state index contributed by atoms with van der Waals surface area (Å²) in [4.78, 5) is 4.61. The van der Waals surface area contributed by atoms with Gasteiger partial charge in [0.2, 0.25) is 0 Å². The second kappa shape index (κ2) is 18.7. The van der Waals surface area contributed by atoms with E-state index in [1.165, 1.54) is 22.3 Å². The van der Waals surface area contributed by atoms with Crippen LogP contribution in [-0.2, 0) is 0 Å². The predicted molar refractivity (Wildman–Crippen MR) is 269 cm³/mol. The number of anilines is 6. The van der Waals surface area contributed by atoms with E-state index in [1.807, 2.05) is 0 Å². The lowest BCUT2D eigenvalue weighted by molar-refractivity contribution is 1.27. The molecule has 0 aromatic heterocycles. The van der Waals surface area contributed by atoms with Crippen LogP contribution in [0.25, 0.3) is 34.4 Å². The smallest absolute Gasteiger partial charge is 0.0462 e. The summed E-state index contributed by atoms with van der Waals surface area (Å²) < 4.78 is 0. The molecular weight excluding hydrogens is 749 g/mol. The molecule has 2 heteroatoms. The van der Waals surface area contributed by atoms with Gasteiger partial charge in [0.25, 0.3) is 0 Å². The van der Waals surface area contributed by atoms with Gasteiger partial charge >= 0.3 is 0 Å². The molecule has 8 aromatic rings. The zero-order valence-electron chi connectivity index (χ0n) is 36.1. The molecule has 0 bridgehead atoms. The van der Waals surface area contributed by atoms with E-state index in [-0.39, 0.29) is 0 Å². The molecule has 302 valence electrons. The number of aryl methyl sites for hydroxylation is 4. The molecule has 0 unspecified atom stereocenters. The second-order valence-corrected chi connectivity index (χ2v) is 16.1. The molecule has 62 heavy (non-hydrogen) atoms. The molecule has 0 N–H and O–H groups in total. The second-order valence-electron chi connectivity index (χ2n) is 16.1. The fraction of sp³-hybridized carbons (Fsp3) is 0.0667. The fourth-order valence-electron chi connectivity index (χ4n) is 7.48. The fourth-order valence-corrected chi connectivity index (χ4v) is 7.48. The number of nitrogens with zero attached hydrogens (tertiary/aromatic N) is 2. The van der Waals surface area contributed by atoms with E-state index in [0.717, 1.165) is 78.7 Å². The number of benzene rings is 8. The summed E-state index contributed by atoms with van der Waals surface area (Å²) in [5.74, 6) is 0. The van der Waals surface area contributed by atoms with Crippen LogP contribution in [0.1, 0.15) is 44.5 Å². The van der Waals surface area contributed by atoms with Crippen molar-refractivity contribution in [3.05, 3.63) is 264 Å². The van der Waals surface area contributed by atoms with Crippen molar-refractivity contribution in [3.63, 3.8) is 0 Å². The monoisotopic (exact) mass is 800 g/mol. The third kappa shape index (κ3) is 9.84. The molecule has 0 saturated carbocycles. The zero-order chi connectivity index (χ0) is 43.0. The summed E-state index contributed by atoms with van der Waals surface area (Å²) in [7, 11) is 0. The van der Waals surface area contributed by atoms with Crippen LogP contribution < -0.4 is 9.80 Å². The summed E-state index contributed by atoms with van der Waals surface area (Å²) in [6.07, 6.45) is 8.41. The average Bonchev–Trinajstić information content (AvgIpc) is 3.31. The van der Waals surface area contributed by atoms with Crippen LogP contribution in [-0.4, -0.2) is 0 Å². The van der Waals surface area contributed by atoms with Crippen LogP contribution in [0, 0.1) is 27.7 Å². The van der Waals surface area contributed by atoms with Crippen molar-refractivity contribution in [2.45, 2.75) is 27.7 Å². The minimum Gasteiger partial charge on any atom is -0.311 e. The van der Waals surface area contributed by atoms with Gasteiger partial charge in [-0.15, -0.1) is 0 Å².